The summed E-state index contributed by atoms with van der Waals surface area (Å²) in [6.45, 7) is 28.7. The number of ether oxygens (including phenoxy) is 4. The van der Waals surface area contributed by atoms with Crippen LogP contribution in [0.25, 0.3) is 11.1 Å². The Hall–Kier alpha value is -6.28. The van der Waals surface area contributed by atoms with Crippen molar-refractivity contribution in [2.45, 2.75) is 87.2 Å². The van der Waals surface area contributed by atoms with Gasteiger partial charge in [-0.15, -0.1) is 0 Å². The molecule has 0 heterocycles. The highest BCUT2D eigenvalue weighted by atomic mass is 16.5. The topological polar surface area (TPSA) is 105 Å². The van der Waals surface area contributed by atoms with E-state index in [0.717, 1.165) is 33.4 Å². The van der Waals surface area contributed by atoms with Gasteiger partial charge in [0, 0.05) is 22.3 Å². The Morgan fingerprint density at radius 1 is 0.439 bits per heavy atom. The van der Waals surface area contributed by atoms with E-state index in [9.17, 15) is 19.2 Å². The minimum Gasteiger partial charge on any atom is -0.457 e. The van der Waals surface area contributed by atoms with Crippen LogP contribution in [0.1, 0.15) is 99.9 Å². The van der Waals surface area contributed by atoms with E-state index in [4.69, 9.17) is 18.9 Å². The van der Waals surface area contributed by atoms with Crippen LogP contribution in [0.2, 0.25) is 0 Å². The van der Waals surface area contributed by atoms with Crippen molar-refractivity contribution in [2.75, 3.05) is 0 Å². The molecule has 57 heavy (non-hydrogen) atoms. The average Bonchev–Trinajstić information content (AvgIpc) is 3.52. The number of fused-ring (bicyclic) bond motifs is 3. The first-order chi connectivity index (χ1) is 27.2. The Labute approximate surface area is 337 Å². The molecule has 4 aromatic rings. The summed E-state index contributed by atoms with van der Waals surface area (Å²) in [6, 6.07) is 27.9. The highest BCUT2D eigenvalue weighted by molar-refractivity contribution is 5.89. The summed E-state index contributed by atoms with van der Waals surface area (Å²) in [5.41, 5.74) is 8.42. The average molecular weight is 771 g/mol. The molecule has 1 aliphatic carbocycles. The van der Waals surface area contributed by atoms with E-state index in [-0.39, 0.29) is 48.7 Å². The fraction of sp³-hybridized carbons (Fsp3) is 0.265. The monoisotopic (exact) mass is 770 g/mol. The van der Waals surface area contributed by atoms with Gasteiger partial charge in [0.1, 0.15) is 26.4 Å². The van der Waals surface area contributed by atoms with Gasteiger partial charge in [-0.25, -0.2) is 19.2 Å². The molecular formula is C49H54O8. The predicted molar refractivity (Wildman–Crippen MR) is 225 cm³/mol. The molecular weight excluding hydrogens is 717 g/mol. The van der Waals surface area contributed by atoms with E-state index < -0.39 is 29.3 Å². The molecule has 0 unspecified atom stereocenters. The van der Waals surface area contributed by atoms with Crippen molar-refractivity contribution in [2.24, 2.45) is 0 Å². The third-order valence-corrected chi connectivity index (χ3v) is 9.06. The van der Waals surface area contributed by atoms with Gasteiger partial charge in [0.2, 0.25) is 0 Å². The minimum atomic E-state index is -0.923. The Kier molecular flexibility index (Phi) is 16.3. The van der Waals surface area contributed by atoms with Crippen LogP contribution in [0.5, 0.6) is 0 Å². The van der Waals surface area contributed by atoms with Crippen LogP contribution in [0.3, 0.4) is 0 Å². The number of carbonyl (C=O) groups excluding carboxylic acids is 4. The minimum absolute atomic E-state index is 0.0675. The van der Waals surface area contributed by atoms with E-state index in [1.807, 2.05) is 88.4 Å². The van der Waals surface area contributed by atoms with E-state index in [2.05, 4.69) is 50.6 Å². The zero-order valence-corrected chi connectivity index (χ0v) is 34.5. The van der Waals surface area contributed by atoms with Gasteiger partial charge in [0.25, 0.3) is 0 Å². The number of rotatable bonds is 14. The lowest BCUT2D eigenvalue weighted by molar-refractivity contribution is -0.141. The number of esters is 4. The van der Waals surface area contributed by atoms with Crippen molar-refractivity contribution in [1.82, 2.24) is 0 Å². The van der Waals surface area contributed by atoms with Crippen LogP contribution < -0.4 is 0 Å². The highest BCUT2D eigenvalue weighted by Gasteiger charge is 2.46. The Morgan fingerprint density at radius 3 is 1.02 bits per heavy atom. The molecule has 0 N–H and O–H groups in total. The lowest BCUT2D eigenvalue weighted by atomic mass is 9.67. The van der Waals surface area contributed by atoms with Crippen molar-refractivity contribution in [3.63, 3.8) is 0 Å². The fourth-order valence-corrected chi connectivity index (χ4v) is 6.36. The van der Waals surface area contributed by atoms with Crippen LogP contribution in [0.4, 0.5) is 0 Å². The summed E-state index contributed by atoms with van der Waals surface area (Å²) < 4.78 is 22.4. The maximum absolute atomic E-state index is 12.6. The van der Waals surface area contributed by atoms with E-state index in [1.165, 1.54) is 0 Å². The molecule has 0 spiro atoms. The Morgan fingerprint density at radius 2 is 0.719 bits per heavy atom. The third kappa shape index (κ3) is 10.1. The van der Waals surface area contributed by atoms with Gasteiger partial charge >= 0.3 is 23.9 Å². The summed E-state index contributed by atoms with van der Waals surface area (Å²) in [7, 11) is 0. The largest absolute Gasteiger partial charge is 0.457 e. The van der Waals surface area contributed by atoms with Crippen molar-refractivity contribution in [3.05, 3.63) is 178 Å². The van der Waals surface area contributed by atoms with Gasteiger partial charge in [0.15, 0.2) is 0 Å². The summed E-state index contributed by atoms with van der Waals surface area (Å²) in [5.74, 6) is -2.18. The number of hydrogen-bond acceptors (Lipinski definition) is 8. The first kappa shape index (κ1) is 45.1. The van der Waals surface area contributed by atoms with Gasteiger partial charge in [-0.1, -0.05) is 139 Å². The molecule has 4 aromatic carbocycles. The molecule has 0 amide bonds. The zero-order chi connectivity index (χ0) is 42.4. The van der Waals surface area contributed by atoms with Crippen LogP contribution in [0, 0.1) is 0 Å². The van der Waals surface area contributed by atoms with E-state index in [0.29, 0.717) is 22.3 Å². The molecule has 5 rings (SSSR count). The first-order valence-electron chi connectivity index (χ1n) is 19.0. The maximum Gasteiger partial charge on any atom is 0.333 e. The van der Waals surface area contributed by atoms with Crippen LogP contribution in [0.15, 0.2) is 134 Å². The molecule has 0 aliphatic heterocycles. The molecule has 8 heteroatoms. The second kappa shape index (κ2) is 20.6. The molecule has 0 aromatic heterocycles. The maximum atomic E-state index is 12.6. The fourth-order valence-electron chi connectivity index (χ4n) is 6.36. The van der Waals surface area contributed by atoms with Gasteiger partial charge in [-0.3, -0.25) is 0 Å². The van der Waals surface area contributed by atoms with Crippen LogP contribution >= 0.6 is 0 Å². The van der Waals surface area contributed by atoms with E-state index in [1.54, 1.807) is 27.7 Å². The molecule has 0 saturated carbocycles. The molecule has 0 radical (unpaired) electrons. The lowest BCUT2D eigenvalue weighted by Gasteiger charge is -2.35. The summed E-state index contributed by atoms with van der Waals surface area (Å²) in [6.07, 6.45) is 0. The van der Waals surface area contributed by atoms with E-state index >= 15 is 0 Å². The van der Waals surface area contributed by atoms with Gasteiger partial charge in [0.05, 0.1) is 5.41 Å². The zero-order valence-electron chi connectivity index (χ0n) is 34.5. The number of carbonyl (C=O) groups is 4. The van der Waals surface area contributed by atoms with Crippen LogP contribution in [-0.2, 0) is 70.0 Å². The molecule has 0 atom stereocenters. The van der Waals surface area contributed by atoms with Crippen molar-refractivity contribution in [1.29, 1.82) is 0 Å². The van der Waals surface area contributed by atoms with Gasteiger partial charge < -0.3 is 18.9 Å². The lowest BCUT2D eigenvalue weighted by Crippen LogP contribution is -2.29. The summed E-state index contributed by atoms with van der Waals surface area (Å²) in [4.78, 5) is 50.0. The first-order valence-corrected chi connectivity index (χ1v) is 19.0. The SMILES string of the molecule is C=C(C)C(=O)OCc1ccc(C2(c3ccc(COC(=O)C(=C)C)c(COC(=O)C(=C)C)c3)c3ccccc3-c3ccccc32)cc1COC(=O)C(=C)C.CC.CC. The predicted octanol–water partition coefficient (Wildman–Crippen LogP) is 10.6. The van der Waals surface area contributed by atoms with Crippen molar-refractivity contribution < 1.29 is 38.1 Å². The smallest absolute Gasteiger partial charge is 0.333 e. The third-order valence-electron chi connectivity index (χ3n) is 9.06. The second-order valence-electron chi connectivity index (χ2n) is 13.2. The summed E-state index contributed by atoms with van der Waals surface area (Å²) in [5, 5.41) is 0. The number of hydrogen-bond donors (Lipinski definition) is 0. The molecule has 0 bridgehead atoms. The van der Waals surface area contributed by atoms with Crippen molar-refractivity contribution in [3.8, 4) is 11.1 Å². The second-order valence-corrected chi connectivity index (χ2v) is 13.2. The highest BCUT2D eigenvalue weighted by Crippen LogP contribution is 2.56. The Balaban J connectivity index is 0.00000211. The van der Waals surface area contributed by atoms with Gasteiger partial charge in [-0.05, 0) is 83.3 Å². The molecule has 0 saturated heterocycles. The number of benzene rings is 4. The molecule has 1 aliphatic rings. The van der Waals surface area contributed by atoms with Gasteiger partial charge in [-0.2, -0.15) is 0 Å². The van der Waals surface area contributed by atoms with Crippen LogP contribution in [-0.4, -0.2) is 23.9 Å². The van der Waals surface area contributed by atoms with Crippen molar-refractivity contribution >= 4 is 23.9 Å². The Bertz CT molecular complexity index is 2030. The standard InChI is InChI=1S/C45H42O8.2C2H6/c1-27(2)41(46)50-23-31-17-19-35(21-33(31)25-52-43(48)29(5)6)45(39-15-11-9-13-37(39)38-14-10-12-16-40(38)45)36-20-18-32(24-51-42(47)28(3)4)34(22-36)26-53-44(49)30(7)8;2*1-2/h9-22H,1,3,5,7,23-26H2,2,4,6,8H3;2*1-2H3. The molecule has 0 fully saturated rings. The molecule has 8 nitrogen and oxygen atoms in total. The summed E-state index contributed by atoms with van der Waals surface area (Å²) >= 11 is 0. The normalized spacial score (nSPS) is 11.4. The molecule has 298 valence electrons. The quantitative estimate of drug-likeness (QED) is 0.0624.